The molecule has 2 aromatic carbocycles. The lowest BCUT2D eigenvalue weighted by atomic mass is 10.0. The zero-order valence-electron chi connectivity index (χ0n) is 18.6. The molecule has 0 saturated carbocycles. The first kappa shape index (κ1) is 22.0. The number of nitrogens with one attached hydrogen (secondary N) is 2. The average Bonchev–Trinajstić information content (AvgIpc) is 3.02. The molecule has 0 aliphatic rings. The summed E-state index contributed by atoms with van der Waals surface area (Å²) in [5, 5.41) is 6.54. The zero-order valence-corrected chi connectivity index (χ0v) is 18.6. The van der Waals surface area contributed by atoms with Crippen LogP contribution in [0.25, 0.3) is 5.69 Å². The largest absolute Gasteiger partial charge is 0.329 e. The minimum Gasteiger partial charge on any atom is -0.318 e. The molecule has 1 heterocycles. The summed E-state index contributed by atoms with van der Waals surface area (Å²) in [7, 11) is 0. The van der Waals surface area contributed by atoms with Crippen LogP contribution in [0.4, 0.5) is 5.69 Å². The molecule has 31 heavy (non-hydrogen) atoms. The van der Waals surface area contributed by atoms with Crippen LogP contribution < -0.4 is 10.7 Å². The Morgan fingerprint density at radius 1 is 0.935 bits per heavy atom. The maximum Gasteiger partial charge on any atom is 0.329 e. The van der Waals surface area contributed by atoms with Gasteiger partial charge >= 0.3 is 11.8 Å². The summed E-state index contributed by atoms with van der Waals surface area (Å²) in [4.78, 5) is 24.2. The molecule has 0 unspecified atom stereocenters. The van der Waals surface area contributed by atoms with E-state index in [-0.39, 0.29) is 0 Å². The van der Waals surface area contributed by atoms with Crippen LogP contribution in [-0.4, -0.2) is 22.6 Å². The topological polar surface area (TPSA) is 75.5 Å². The molecule has 160 valence electrons. The molecule has 0 fully saturated rings. The quantitative estimate of drug-likeness (QED) is 0.362. The summed E-state index contributed by atoms with van der Waals surface area (Å²) < 4.78 is 2.12. The second-order valence-corrected chi connectivity index (χ2v) is 7.93. The maximum absolute atomic E-state index is 12.1. The number of rotatable bonds is 5. The van der Waals surface area contributed by atoms with Gasteiger partial charge in [-0.15, -0.1) is 0 Å². The van der Waals surface area contributed by atoms with Crippen LogP contribution in [0.2, 0.25) is 0 Å². The summed E-state index contributed by atoms with van der Waals surface area (Å²) in [6.45, 7) is 10.2. The van der Waals surface area contributed by atoms with Gasteiger partial charge in [0, 0.05) is 28.3 Å². The van der Waals surface area contributed by atoms with Gasteiger partial charge in [0.1, 0.15) is 0 Å². The van der Waals surface area contributed by atoms with E-state index in [9.17, 15) is 9.59 Å². The van der Waals surface area contributed by atoms with Gasteiger partial charge in [0.25, 0.3) is 0 Å². The van der Waals surface area contributed by atoms with Crippen LogP contribution in [-0.2, 0) is 9.59 Å². The van der Waals surface area contributed by atoms with Crippen LogP contribution in [0.5, 0.6) is 0 Å². The molecule has 0 saturated heterocycles. The molecule has 0 atom stereocenters. The number of hydrazone groups is 1. The van der Waals surface area contributed by atoms with Gasteiger partial charge in [-0.2, -0.15) is 5.10 Å². The molecule has 0 spiro atoms. The third-order valence-electron chi connectivity index (χ3n) is 5.17. The third-order valence-corrected chi connectivity index (χ3v) is 5.17. The van der Waals surface area contributed by atoms with Crippen LogP contribution >= 0.6 is 0 Å². The van der Waals surface area contributed by atoms with E-state index in [1.54, 1.807) is 18.3 Å². The lowest BCUT2D eigenvalue weighted by Crippen LogP contribution is -2.32. The van der Waals surface area contributed by atoms with Crippen molar-refractivity contribution in [1.82, 2.24) is 9.99 Å². The van der Waals surface area contributed by atoms with E-state index in [2.05, 4.69) is 65.4 Å². The number of carbonyl (C=O) groups is 2. The Kier molecular flexibility index (Phi) is 6.70. The summed E-state index contributed by atoms with van der Waals surface area (Å²) >= 11 is 0. The molecule has 3 rings (SSSR count). The Hall–Kier alpha value is -3.67. The number of hydrogen-bond donors (Lipinski definition) is 2. The predicted molar refractivity (Wildman–Crippen MR) is 125 cm³/mol. The summed E-state index contributed by atoms with van der Waals surface area (Å²) in [6.07, 6.45) is 1.55. The molecule has 2 amide bonds. The lowest BCUT2D eigenvalue weighted by molar-refractivity contribution is -0.136. The Morgan fingerprint density at radius 2 is 1.58 bits per heavy atom. The van der Waals surface area contributed by atoms with Crippen molar-refractivity contribution >= 4 is 23.7 Å². The van der Waals surface area contributed by atoms with E-state index in [0.717, 1.165) is 28.2 Å². The standard InChI is InChI=1S/C25H28N4O2/c1-16(2)20-8-10-22(11-9-20)27-24(30)25(31)28-26-15-21-14-18(4)29(19(21)5)23-12-6-17(3)7-13-23/h6-16H,1-5H3,(H,27,30)(H,28,31)/b26-15-. The van der Waals surface area contributed by atoms with Gasteiger partial charge in [-0.05, 0) is 62.6 Å². The Labute approximate surface area is 183 Å². The second-order valence-electron chi connectivity index (χ2n) is 7.93. The average molecular weight is 417 g/mol. The first-order valence-corrected chi connectivity index (χ1v) is 10.3. The van der Waals surface area contributed by atoms with Gasteiger partial charge in [0.05, 0.1) is 6.21 Å². The van der Waals surface area contributed by atoms with Crippen molar-refractivity contribution in [3.8, 4) is 5.69 Å². The summed E-state index contributed by atoms with van der Waals surface area (Å²) in [5.41, 5.74) is 9.19. The Balaban J connectivity index is 1.63. The Bertz CT molecular complexity index is 1110. The lowest BCUT2D eigenvalue weighted by Gasteiger charge is -2.09. The van der Waals surface area contributed by atoms with Crippen molar-refractivity contribution in [3.05, 3.63) is 82.7 Å². The molecule has 1 aromatic heterocycles. The maximum atomic E-state index is 12.1. The SMILES string of the molecule is Cc1ccc(-n2c(C)cc(/C=N\NC(=O)C(=O)Nc3ccc(C(C)C)cc3)c2C)cc1. The van der Waals surface area contributed by atoms with E-state index < -0.39 is 11.8 Å². The zero-order chi connectivity index (χ0) is 22.5. The van der Waals surface area contributed by atoms with Crippen LogP contribution in [0.15, 0.2) is 59.7 Å². The molecule has 0 radical (unpaired) electrons. The number of aryl methyl sites for hydroxylation is 2. The van der Waals surface area contributed by atoms with Crippen LogP contribution in [0.1, 0.15) is 47.8 Å². The molecule has 2 N–H and O–H groups in total. The van der Waals surface area contributed by atoms with Gasteiger partial charge in [-0.3, -0.25) is 9.59 Å². The monoisotopic (exact) mass is 416 g/mol. The third kappa shape index (κ3) is 5.28. The second kappa shape index (κ2) is 9.43. The Morgan fingerprint density at radius 3 is 2.19 bits per heavy atom. The summed E-state index contributed by atoms with van der Waals surface area (Å²) in [5.74, 6) is -1.19. The fourth-order valence-corrected chi connectivity index (χ4v) is 3.36. The molecular weight excluding hydrogens is 388 g/mol. The van der Waals surface area contributed by atoms with Crippen molar-refractivity contribution in [3.63, 3.8) is 0 Å². The van der Waals surface area contributed by atoms with E-state index in [1.165, 1.54) is 5.56 Å². The number of carbonyl (C=O) groups excluding carboxylic acids is 2. The number of aromatic nitrogens is 1. The van der Waals surface area contributed by atoms with Crippen LogP contribution in [0, 0.1) is 20.8 Å². The number of anilines is 1. The number of amides is 2. The van der Waals surface area contributed by atoms with Gasteiger partial charge in [0.15, 0.2) is 0 Å². The molecule has 3 aromatic rings. The first-order chi connectivity index (χ1) is 14.8. The highest BCUT2D eigenvalue weighted by molar-refractivity contribution is 6.39. The van der Waals surface area contributed by atoms with Gasteiger partial charge < -0.3 is 9.88 Å². The molecule has 0 aliphatic carbocycles. The fourth-order valence-electron chi connectivity index (χ4n) is 3.36. The smallest absolute Gasteiger partial charge is 0.318 e. The van der Waals surface area contributed by atoms with Crippen molar-refractivity contribution in [2.24, 2.45) is 5.10 Å². The number of nitrogens with zero attached hydrogens (tertiary/aromatic N) is 2. The van der Waals surface area contributed by atoms with Gasteiger partial charge in [0.2, 0.25) is 0 Å². The normalized spacial score (nSPS) is 11.2. The predicted octanol–water partition coefficient (Wildman–Crippen LogP) is 4.61. The van der Waals surface area contributed by atoms with E-state index in [4.69, 9.17) is 0 Å². The van der Waals surface area contributed by atoms with Crippen LogP contribution in [0.3, 0.4) is 0 Å². The summed E-state index contributed by atoms with van der Waals surface area (Å²) in [6, 6.07) is 17.7. The molecule has 0 bridgehead atoms. The highest BCUT2D eigenvalue weighted by atomic mass is 16.2. The fraction of sp³-hybridized carbons (Fsp3) is 0.240. The number of hydrogen-bond acceptors (Lipinski definition) is 3. The molecule has 6 nitrogen and oxygen atoms in total. The minimum atomic E-state index is -0.823. The highest BCUT2D eigenvalue weighted by Gasteiger charge is 2.14. The highest BCUT2D eigenvalue weighted by Crippen LogP contribution is 2.20. The molecule has 0 aliphatic heterocycles. The molecule has 6 heteroatoms. The van der Waals surface area contributed by atoms with Gasteiger partial charge in [-0.25, -0.2) is 5.43 Å². The van der Waals surface area contributed by atoms with Gasteiger partial charge in [-0.1, -0.05) is 43.7 Å². The molecular formula is C25H28N4O2. The first-order valence-electron chi connectivity index (χ1n) is 10.3. The minimum absolute atomic E-state index is 0.398. The van der Waals surface area contributed by atoms with Crippen molar-refractivity contribution in [2.75, 3.05) is 5.32 Å². The van der Waals surface area contributed by atoms with E-state index in [0.29, 0.717) is 11.6 Å². The van der Waals surface area contributed by atoms with Crippen molar-refractivity contribution in [1.29, 1.82) is 0 Å². The van der Waals surface area contributed by atoms with E-state index in [1.807, 2.05) is 32.0 Å². The van der Waals surface area contributed by atoms with E-state index >= 15 is 0 Å². The number of benzene rings is 2. The van der Waals surface area contributed by atoms with Crippen molar-refractivity contribution in [2.45, 2.75) is 40.5 Å². The van der Waals surface area contributed by atoms with Crippen molar-refractivity contribution < 1.29 is 9.59 Å².